The lowest BCUT2D eigenvalue weighted by Crippen LogP contribution is -2.23. The summed E-state index contributed by atoms with van der Waals surface area (Å²) in [5, 5.41) is 11.7. The quantitative estimate of drug-likeness (QED) is 0.181. The zero-order valence-electron chi connectivity index (χ0n) is 22.6. The molecule has 1 saturated carbocycles. The van der Waals surface area contributed by atoms with E-state index < -0.39 is 0 Å². The summed E-state index contributed by atoms with van der Waals surface area (Å²) in [6, 6.07) is 26.0. The van der Waals surface area contributed by atoms with Gasteiger partial charge in [0.1, 0.15) is 5.82 Å². The summed E-state index contributed by atoms with van der Waals surface area (Å²) in [6.45, 7) is 1.03. The minimum Gasteiger partial charge on any atom is -0.366 e. The lowest BCUT2D eigenvalue weighted by Gasteiger charge is -2.22. The van der Waals surface area contributed by atoms with E-state index in [0.29, 0.717) is 35.2 Å². The van der Waals surface area contributed by atoms with Gasteiger partial charge < -0.3 is 10.6 Å². The second kappa shape index (κ2) is 12.5. The molecule has 2 aromatic heterocycles. The van der Waals surface area contributed by atoms with Crippen molar-refractivity contribution in [3.8, 4) is 11.3 Å². The van der Waals surface area contributed by atoms with Crippen molar-refractivity contribution < 1.29 is 4.79 Å². The monoisotopic (exact) mass is 627 g/mol. The first-order valence-corrected chi connectivity index (χ1v) is 15.2. The van der Waals surface area contributed by atoms with Crippen molar-refractivity contribution in [2.45, 2.75) is 51.1 Å². The standard InChI is InChI=1S/C33H31BrClN5O/c34-28-21-38-40-31(18-30(39-32(28)40)27-11-4-5-12-29(27)35)36-19-22-7-6-8-23(17-22)20-37-33(41)26-15-13-25(14-16-26)24-9-2-1-3-10-24/h4-8,11-18,21,24,36H,1-3,9-10,19-20H2,(H,37,41). The van der Waals surface area contributed by atoms with E-state index in [4.69, 9.17) is 16.6 Å². The molecule has 6 nitrogen and oxygen atoms in total. The van der Waals surface area contributed by atoms with Gasteiger partial charge in [0.2, 0.25) is 0 Å². The van der Waals surface area contributed by atoms with Crippen LogP contribution in [0.25, 0.3) is 16.9 Å². The lowest BCUT2D eigenvalue weighted by atomic mass is 9.84. The first-order valence-electron chi connectivity index (χ1n) is 14.0. The molecule has 3 aromatic carbocycles. The number of aromatic nitrogens is 3. The fourth-order valence-electron chi connectivity index (χ4n) is 5.54. The summed E-state index contributed by atoms with van der Waals surface area (Å²) in [6.07, 6.45) is 8.19. The van der Waals surface area contributed by atoms with Gasteiger partial charge in [0.25, 0.3) is 5.91 Å². The van der Waals surface area contributed by atoms with Crippen LogP contribution in [-0.4, -0.2) is 20.5 Å². The van der Waals surface area contributed by atoms with E-state index in [-0.39, 0.29) is 5.91 Å². The number of halogens is 2. The summed E-state index contributed by atoms with van der Waals surface area (Å²) >= 11 is 10.0. The maximum Gasteiger partial charge on any atom is 0.251 e. The van der Waals surface area contributed by atoms with Crippen molar-refractivity contribution in [1.82, 2.24) is 19.9 Å². The average molecular weight is 629 g/mol. The highest BCUT2D eigenvalue weighted by Crippen LogP contribution is 2.33. The molecule has 0 spiro atoms. The Bertz CT molecular complexity index is 1680. The molecule has 0 saturated heterocycles. The summed E-state index contributed by atoms with van der Waals surface area (Å²) in [4.78, 5) is 17.6. The molecule has 0 bridgehead atoms. The first-order chi connectivity index (χ1) is 20.0. The highest BCUT2D eigenvalue weighted by Gasteiger charge is 2.16. The highest BCUT2D eigenvalue weighted by molar-refractivity contribution is 9.10. The Labute approximate surface area is 253 Å². The van der Waals surface area contributed by atoms with E-state index in [0.717, 1.165) is 32.7 Å². The minimum atomic E-state index is -0.0562. The van der Waals surface area contributed by atoms with Crippen molar-refractivity contribution in [1.29, 1.82) is 0 Å². The van der Waals surface area contributed by atoms with Crippen LogP contribution in [0.4, 0.5) is 5.82 Å². The number of carbonyl (C=O) groups is 1. The third-order valence-electron chi connectivity index (χ3n) is 7.75. The van der Waals surface area contributed by atoms with Crippen LogP contribution in [0.3, 0.4) is 0 Å². The molecule has 2 heterocycles. The largest absolute Gasteiger partial charge is 0.366 e. The molecule has 1 amide bonds. The second-order valence-corrected chi connectivity index (χ2v) is 11.8. The predicted octanol–water partition coefficient (Wildman–Crippen LogP) is 8.40. The summed E-state index contributed by atoms with van der Waals surface area (Å²) in [5.74, 6) is 1.38. The van der Waals surface area contributed by atoms with Gasteiger partial charge in [-0.25, -0.2) is 4.98 Å². The molecule has 5 aromatic rings. The molecule has 2 N–H and O–H groups in total. The van der Waals surface area contributed by atoms with Crippen molar-refractivity contribution in [2.24, 2.45) is 0 Å². The van der Waals surface area contributed by atoms with Crippen LogP contribution in [-0.2, 0) is 13.1 Å². The Hall–Kier alpha value is -3.68. The Kier molecular flexibility index (Phi) is 8.35. The molecule has 208 valence electrons. The number of hydrogen-bond acceptors (Lipinski definition) is 4. The minimum absolute atomic E-state index is 0.0562. The number of fused-ring (bicyclic) bond motifs is 1. The smallest absolute Gasteiger partial charge is 0.251 e. The van der Waals surface area contributed by atoms with Crippen molar-refractivity contribution in [2.75, 3.05) is 5.32 Å². The number of carbonyl (C=O) groups excluding carboxylic acids is 1. The number of rotatable bonds is 8. The van der Waals surface area contributed by atoms with Gasteiger partial charge in [-0.1, -0.05) is 85.5 Å². The fourth-order valence-corrected chi connectivity index (χ4v) is 6.12. The average Bonchev–Trinajstić information content (AvgIpc) is 3.40. The molecule has 1 aliphatic carbocycles. The van der Waals surface area contributed by atoms with Crippen LogP contribution >= 0.6 is 27.5 Å². The van der Waals surface area contributed by atoms with Gasteiger partial charge in [-0.3, -0.25) is 4.79 Å². The summed E-state index contributed by atoms with van der Waals surface area (Å²) < 4.78 is 2.57. The summed E-state index contributed by atoms with van der Waals surface area (Å²) in [5.41, 5.74) is 6.49. The van der Waals surface area contributed by atoms with Gasteiger partial charge in [-0.05, 0) is 69.6 Å². The second-order valence-electron chi connectivity index (χ2n) is 10.5. The number of benzene rings is 3. The Morgan fingerprint density at radius 3 is 2.46 bits per heavy atom. The molecule has 41 heavy (non-hydrogen) atoms. The van der Waals surface area contributed by atoms with Gasteiger partial charge >= 0.3 is 0 Å². The van der Waals surface area contributed by atoms with E-state index in [1.807, 2.05) is 54.6 Å². The van der Waals surface area contributed by atoms with E-state index in [9.17, 15) is 4.79 Å². The van der Waals surface area contributed by atoms with E-state index in [2.05, 4.69) is 55.9 Å². The number of amides is 1. The molecule has 1 aliphatic rings. The van der Waals surface area contributed by atoms with Crippen LogP contribution < -0.4 is 10.6 Å². The third-order valence-corrected chi connectivity index (χ3v) is 8.64. The third kappa shape index (κ3) is 6.31. The maximum atomic E-state index is 12.8. The molecule has 0 atom stereocenters. The predicted molar refractivity (Wildman–Crippen MR) is 168 cm³/mol. The maximum absolute atomic E-state index is 12.8. The molecule has 8 heteroatoms. The number of nitrogens with one attached hydrogen (secondary N) is 2. The summed E-state index contributed by atoms with van der Waals surface area (Å²) in [7, 11) is 0. The molecule has 6 rings (SSSR count). The van der Waals surface area contributed by atoms with Crippen LogP contribution in [0.15, 0.2) is 89.5 Å². The van der Waals surface area contributed by atoms with Crippen molar-refractivity contribution >= 4 is 44.9 Å². The topological polar surface area (TPSA) is 71.3 Å². The number of anilines is 1. The molecule has 0 aliphatic heterocycles. The SMILES string of the molecule is O=C(NCc1cccc(CNc2cc(-c3ccccc3Cl)nc3c(Br)cnn23)c1)c1ccc(C2CCCCC2)cc1. The van der Waals surface area contributed by atoms with Crippen molar-refractivity contribution in [3.05, 3.63) is 117 Å². The lowest BCUT2D eigenvalue weighted by molar-refractivity contribution is 0.0951. The van der Waals surface area contributed by atoms with Crippen LogP contribution in [0, 0.1) is 0 Å². The molecule has 0 radical (unpaired) electrons. The van der Waals surface area contributed by atoms with E-state index in [1.165, 1.54) is 37.7 Å². The van der Waals surface area contributed by atoms with Crippen LogP contribution in [0.5, 0.6) is 0 Å². The van der Waals surface area contributed by atoms with Gasteiger partial charge in [0.15, 0.2) is 5.65 Å². The number of nitrogens with zero attached hydrogens (tertiary/aromatic N) is 3. The fraction of sp³-hybridized carbons (Fsp3) is 0.242. The zero-order chi connectivity index (χ0) is 28.2. The zero-order valence-corrected chi connectivity index (χ0v) is 25.0. The van der Waals surface area contributed by atoms with E-state index >= 15 is 0 Å². The highest BCUT2D eigenvalue weighted by atomic mass is 79.9. The van der Waals surface area contributed by atoms with Gasteiger partial charge in [0.05, 0.1) is 16.4 Å². The molecule has 1 fully saturated rings. The van der Waals surface area contributed by atoms with Gasteiger partial charge in [-0.2, -0.15) is 9.61 Å². The van der Waals surface area contributed by atoms with Gasteiger partial charge in [-0.15, -0.1) is 0 Å². The Morgan fingerprint density at radius 1 is 0.927 bits per heavy atom. The van der Waals surface area contributed by atoms with Crippen LogP contribution in [0.2, 0.25) is 5.02 Å². The normalized spacial score (nSPS) is 13.8. The van der Waals surface area contributed by atoms with E-state index in [1.54, 1.807) is 10.7 Å². The number of hydrogen-bond donors (Lipinski definition) is 2. The Balaban J connectivity index is 1.12. The molecule has 0 unspecified atom stereocenters. The molecular formula is C33H31BrClN5O. The van der Waals surface area contributed by atoms with Crippen molar-refractivity contribution in [3.63, 3.8) is 0 Å². The molecular weight excluding hydrogens is 598 g/mol. The first kappa shape index (κ1) is 27.5. The van der Waals surface area contributed by atoms with Gasteiger partial charge in [0, 0.05) is 35.3 Å². The Morgan fingerprint density at radius 2 is 1.68 bits per heavy atom. The van der Waals surface area contributed by atoms with Crippen LogP contribution in [0.1, 0.15) is 65.1 Å².